The molecule has 0 bridgehead atoms. The summed E-state index contributed by atoms with van der Waals surface area (Å²) in [4.78, 5) is 3.89. The maximum atomic E-state index is 13.2. The monoisotopic (exact) mass is 295 g/mol. The highest BCUT2D eigenvalue weighted by atomic mass is 19.4. The van der Waals surface area contributed by atoms with Crippen LogP contribution in [0, 0.1) is 0 Å². The maximum absolute atomic E-state index is 13.2. The number of alkyl halides is 3. The van der Waals surface area contributed by atoms with Crippen molar-refractivity contribution in [2.75, 3.05) is 0 Å². The summed E-state index contributed by atoms with van der Waals surface area (Å²) in [7, 11) is 0. The van der Waals surface area contributed by atoms with Crippen molar-refractivity contribution >= 4 is 0 Å². The smallest absolute Gasteiger partial charge is 0.322 e. The van der Waals surface area contributed by atoms with Crippen LogP contribution in [0.4, 0.5) is 13.2 Å². The maximum Gasteiger partial charge on any atom is 0.411 e. The van der Waals surface area contributed by atoms with Crippen LogP contribution >= 0.6 is 0 Å². The van der Waals surface area contributed by atoms with E-state index in [9.17, 15) is 13.2 Å². The topological polar surface area (TPSA) is 43.8 Å². The molecule has 3 rings (SSSR count). The summed E-state index contributed by atoms with van der Waals surface area (Å²) >= 11 is 0. The number of benzene rings is 1. The lowest BCUT2D eigenvalue weighted by Gasteiger charge is -2.25. The lowest BCUT2D eigenvalue weighted by molar-refractivity contribution is -0.180. The van der Waals surface area contributed by atoms with Gasteiger partial charge in [0.15, 0.2) is 0 Å². The lowest BCUT2D eigenvalue weighted by atomic mass is 10.0. The Morgan fingerprint density at radius 2 is 1.90 bits per heavy atom. The molecule has 21 heavy (non-hydrogen) atoms. The van der Waals surface area contributed by atoms with Gasteiger partial charge >= 0.3 is 6.18 Å². The Labute approximate surface area is 120 Å². The van der Waals surface area contributed by atoms with Crippen LogP contribution in [0.3, 0.4) is 0 Å². The van der Waals surface area contributed by atoms with Crippen LogP contribution in [0.1, 0.15) is 30.1 Å². The molecule has 0 amide bonds. The molecule has 0 aliphatic heterocycles. The van der Waals surface area contributed by atoms with E-state index in [0.717, 1.165) is 5.56 Å². The molecule has 1 saturated carbocycles. The zero-order chi connectivity index (χ0) is 15.1. The highest BCUT2D eigenvalue weighted by Crippen LogP contribution is 2.56. The van der Waals surface area contributed by atoms with Crippen LogP contribution in [-0.2, 0) is 12.0 Å². The third-order valence-electron chi connectivity index (χ3n) is 4.06. The zero-order valence-corrected chi connectivity index (χ0v) is 11.3. The first-order valence-corrected chi connectivity index (χ1v) is 6.83. The van der Waals surface area contributed by atoms with E-state index in [1.54, 1.807) is 0 Å². The molecule has 6 heteroatoms. The molecular formula is C15H16F3N3. The first-order valence-electron chi connectivity index (χ1n) is 6.83. The van der Waals surface area contributed by atoms with Crippen molar-refractivity contribution in [2.45, 2.75) is 37.0 Å². The summed E-state index contributed by atoms with van der Waals surface area (Å²) in [5, 5.41) is 0. The van der Waals surface area contributed by atoms with E-state index in [0.29, 0.717) is 12.1 Å². The van der Waals surface area contributed by atoms with Gasteiger partial charge in [-0.3, -0.25) is 0 Å². The fourth-order valence-corrected chi connectivity index (χ4v) is 2.69. The fourth-order valence-electron chi connectivity index (χ4n) is 2.69. The Balaban J connectivity index is 1.86. The summed E-state index contributed by atoms with van der Waals surface area (Å²) in [5.74, 6) is 0. The van der Waals surface area contributed by atoms with Crippen molar-refractivity contribution in [1.29, 1.82) is 0 Å². The molecule has 2 N–H and O–H groups in total. The van der Waals surface area contributed by atoms with E-state index < -0.39 is 17.8 Å². The van der Waals surface area contributed by atoms with Gasteiger partial charge in [0.1, 0.15) is 5.54 Å². The molecule has 1 aromatic carbocycles. The summed E-state index contributed by atoms with van der Waals surface area (Å²) in [6, 6.07) is 8.99. The van der Waals surface area contributed by atoms with Gasteiger partial charge in [0.05, 0.1) is 18.1 Å². The molecule has 0 unspecified atom stereocenters. The van der Waals surface area contributed by atoms with Gasteiger partial charge in [0.2, 0.25) is 0 Å². The van der Waals surface area contributed by atoms with Gasteiger partial charge in [0, 0.05) is 6.20 Å². The Morgan fingerprint density at radius 1 is 1.24 bits per heavy atom. The Hall–Kier alpha value is -1.82. The predicted molar refractivity (Wildman–Crippen MR) is 72.6 cm³/mol. The molecule has 0 spiro atoms. The van der Waals surface area contributed by atoms with Crippen LogP contribution in [0.2, 0.25) is 0 Å². The number of imidazole rings is 1. The molecule has 1 aliphatic rings. The van der Waals surface area contributed by atoms with Gasteiger partial charge in [-0.1, -0.05) is 30.3 Å². The van der Waals surface area contributed by atoms with Gasteiger partial charge in [-0.05, 0) is 24.8 Å². The molecule has 1 fully saturated rings. The molecule has 3 nitrogen and oxygen atoms in total. The van der Waals surface area contributed by atoms with E-state index in [1.807, 2.05) is 30.3 Å². The molecule has 0 radical (unpaired) electrons. The average Bonchev–Trinajstić information content (AvgIpc) is 3.11. The minimum atomic E-state index is -4.27. The first kappa shape index (κ1) is 14.1. The van der Waals surface area contributed by atoms with Crippen LogP contribution < -0.4 is 5.73 Å². The third-order valence-corrected chi connectivity index (χ3v) is 4.06. The van der Waals surface area contributed by atoms with Gasteiger partial charge in [0.25, 0.3) is 0 Å². The largest absolute Gasteiger partial charge is 0.411 e. The van der Waals surface area contributed by atoms with E-state index in [1.165, 1.54) is 17.1 Å². The zero-order valence-electron chi connectivity index (χ0n) is 11.3. The van der Waals surface area contributed by atoms with Gasteiger partial charge in [-0.25, -0.2) is 4.98 Å². The Morgan fingerprint density at radius 3 is 2.48 bits per heavy atom. The molecule has 112 valence electrons. The SMILES string of the molecule is N[C@H](Cc1ccccc1)c1cncn1C1(C(F)(F)F)CC1. The Bertz CT molecular complexity index is 615. The minimum absolute atomic E-state index is 0.0952. The molecule has 1 aliphatic carbocycles. The normalized spacial score (nSPS) is 18.5. The minimum Gasteiger partial charge on any atom is -0.322 e. The highest BCUT2D eigenvalue weighted by molar-refractivity contribution is 5.21. The Kier molecular flexibility index (Phi) is 3.28. The van der Waals surface area contributed by atoms with Crippen molar-refractivity contribution in [3.8, 4) is 0 Å². The molecule has 2 aromatic rings. The van der Waals surface area contributed by atoms with Crippen molar-refractivity contribution in [3.63, 3.8) is 0 Å². The second-order valence-electron chi connectivity index (χ2n) is 5.51. The van der Waals surface area contributed by atoms with Crippen molar-refractivity contribution in [2.24, 2.45) is 5.73 Å². The van der Waals surface area contributed by atoms with E-state index in [-0.39, 0.29) is 12.8 Å². The number of hydrogen-bond donors (Lipinski definition) is 1. The van der Waals surface area contributed by atoms with Crippen LogP contribution in [0.15, 0.2) is 42.9 Å². The van der Waals surface area contributed by atoms with Crippen molar-refractivity contribution < 1.29 is 13.2 Å². The van der Waals surface area contributed by atoms with E-state index >= 15 is 0 Å². The van der Waals surface area contributed by atoms with Gasteiger partial charge in [-0.15, -0.1) is 0 Å². The highest BCUT2D eigenvalue weighted by Gasteiger charge is 2.65. The standard InChI is InChI=1S/C15H16F3N3/c16-15(17,18)14(6-7-14)21-10-20-9-13(21)12(19)8-11-4-2-1-3-5-11/h1-5,9-10,12H,6-8,19H2/t12-/m1/s1. The number of hydrogen-bond acceptors (Lipinski definition) is 2. The first-order chi connectivity index (χ1) is 9.94. The van der Waals surface area contributed by atoms with Crippen LogP contribution in [-0.4, -0.2) is 15.7 Å². The van der Waals surface area contributed by atoms with E-state index in [4.69, 9.17) is 5.73 Å². The summed E-state index contributed by atoms with van der Waals surface area (Å²) < 4.78 is 40.9. The quantitative estimate of drug-likeness (QED) is 0.941. The summed E-state index contributed by atoms with van der Waals surface area (Å²) in [6.07, 6.45) is -0.898. The van der Waals surface area contributed by atoms with Gasteiger partial charge < -0.3 is 10.3 Å². The second-order valence-corrected chi connectivity index (χ2v) is 5.51. The molecule has 1 heterocycles. The number of rotatable bonds is 4. The summed E-state index contributed by atoms with van der Waals surface area (Å²) in [6.45, 7) is 0. The average molecular weight is 295 g/mol. The summed E-state index contributed by atoms with van der Waals surface area (Å²) in [5.41, 5.74) is 5.75. The number of nitrogens with two attached hydrogens (primary N) is 1. The molecular weight excluding hydrogens is 279 g/mol. The number of aromatic nitrogens is 2. The van der Waals surface area contributed by atoms with E-state index in [2.05, 4.69) is 4.98 Å². The van der Waals surface area contributed by atoms with Crippen LogP contribution in [0.25, 0.3) is 0 Å². The number of halogens is 3. The van der Waals surface area contributed by atoms with Crippen molar-refractivity contribution in [1.82, 2.24) is 9.55 Å². The molecule has 1 atom stereocenters. The fraction of sp³-hybridized carbons (Fsp3) is 0.400. The molecule has 1 aromatic heterocycles. The number of nitrogens with zero attached hydrogens (tertiary/aromatic N) is 2. The lowest BCUT2D eigenvalue weighted by Crippen LogP contribution is -2.36. The van der Waals surface area contributed by atoms with Crippen molar-refractivity contribution in [3.05, 3.63) is 54.1 Å². The predicted octanol–water partition coefficient (Wildman–Crippen LogP) is 3.18. The van der Waals surface area contributed by atoms with Crippen LogP contribution in [0.5, 0.6) is 0 Å². The second kappa shape index (κ2) is 4.87. The third kappa shape index (κ3) is 2.44. The molecule has 0 saturated heterocycles. The van der Waals surface area contributed by atoms with Gasteiger partial charge in [-0.2, -0.15) is 13.2 Å².